The summed E-state index contributed by atoms with van der Waals surface area (Å²) in [7, 11) is -6.68. The van der Waals surface area contributed by atoms with Crippen molar-refractivity contribution in [3.63, 3.8) is 0 Å². The van der Waals surface area contributed by atoms with Crippen molar-refractivity contribution in [2.75, 3.05) is 17.2 Å². The van der Waals surface area contributed by atoms with E-state index in [9.17, 15) is 16.8 Å². The van der Waals surface area contributed by atoms with Gasteiger partial charge in [-0.05, 0) is 49.9 Å². The zero-order valence-electron chi connectivity index (χ0n) is 12.1. The Bertz CT molecular complexity index is 717. The second kappa shape index (κ2) is 5.58. The molecule has 118 valence electrons. The second-order valence-corrected chi connectivity index (χ2v) is 9.49. The standard InChI is InChI=1S/C13H20N2O4S2/c1-9-7-11(14)8-10(2)13(9)21(18,19)15-12-3-5-20(16,17)6-4-12/h7-8,12,15H,3-6,14H2,1-2H3. The summed E-state index contributed by atoms with van der Waals surface area (Å²) < 4.78 is 50.4. The van der Waals surface area contributed by atoms with Crippen LogP contribution in [0, 0.1) is 13.8 Å². The minimum atomic E-state index is -3.68. The maximum atomic E-state index is 12.5. The average Bonchev–Trinajstić information content (AvgIpc) is 2.30. The lowest BCUT2D eigenvalue weighted by Crippen LogP contribution is -2.41. The van der Waals surface area contributed by atoms with Crippen LogP contribution < -0.4 is 10.5 Å². The van der Waals surface area contributed by atoms with Crippen molar-refractivity contribution < 1.29 is 16.8 Å². The molecule has 0 radical (unpaired) electrons. The number of hydrogen-bond donors (Lipinski definition) is 2. The quantitative estimate of drug-likeness (QED) is 0.794. The van der Waals surface area contributed by atoms with E-state index in [1.165, 1.54) is 0 Å². The van der Waals surface area contributed by atoms with Crippen LogP contribution in [0.4, 0.5) is 5.69 Å². The van der Waals surface area contributed by atoms with Crippen LogP contribution in [0.15, 0.2) is 17.0 Å². The van der Waals surface area contributed by atoms with Crippen LogP contribution >= 0.6 is 0 Å². The van der Waals surface area contributed by atoms with Gasteiger partial charge in [-0.25, -0.2) is 21.6 Å². The molecular formula is C13H20N2O4S2. The Morgan fingerprint density at radius 1 is 1.14 bits per heavy atom. The summed E-state index contributed by atoms with van der Waals surface area (Å²) in [5, 5.41) is 0. The smallest absolute Gasteiger partial charge is 0.241 e. The number of sulfone groups is 1. The van der Waals surface area contributed by atoms with E-state index in [0.29, 0.717) is 29.7 Å². The van der Waals surface area contributed by atoms with Crippen LogP contribution in [0.25, 0.3) is 0 Å². The first-order chi connectivity index (χ1) is 9.61. The molecule has 0 amide bonds. The summed E-state index contributed by atoms with van der Waals surface area (Å²) in [6.45, 7) is 3.40. The number of benzene rings is 1. The molecule has 0 aromatic heterocycles. The molecule has 1 saturated heterocycles. The van der Waals surface area contributed by atoms with Gasteiger partial charge in [0.25, 0.3) is 0 Å². The highest BCUT2D eigenvalue weighted by Crippen LogP contribution is 2.24. The van der Waals surface area contributed by atoms with Gasteiger partial charge in [0.2, 0.25) is 10.0 Å². The van der Waals surface area contributed by atoms with Crippen LogP contribution in [0.2, 0.25) is 0 Å². The van der Waals surface area contributed by atoms with Gasteiger partial charge in [-0.3, -0.25) is 0 Å². The Balaban J connectivity index is 2.24. The first-order valence-corrected chi connectivity index (χ1v) is 10.0. The first-order valence-electron chi connectivity index (χ1n) is 6.70. The zero-order chi connectivity index (χ0) is 15.8. The zero-order valence-corrected chi connectivity index (χ0v) is 13.7. The van der Waals surface area contributed by atoms with E-state index < -0.39 is 19.9 Å². The summed E-state index contributed by atoms with van der Waals surface area (Å²) in [6.07, 6.45) is 0.628. The van der Waals surface area contributed by atoms with E-state index in [-0.39, 0.29) is 22.4 Å². The van der Waals surface area contributed by atoms with E-state index in [2.05, 4.69) is 4.72 Å². The molecule has 0 bridgehead atoms. The molecule has 1 fully saturated rings. The topological polar surface area (TPSA) is 106 Å². The van der Waals surface area contributed by atoms with Gasteiger partial charge in [-0.1, -0.05) is 0 Å². The summed E-state index contributed by atoms with van der Waals surface area (Å²) in [5.74, 6) is 0.0553. The highest BCUT2D eigenvalue weighted by molar-refractivity contribution is 7.91. The molecule has 1 aliphatic rings. The van der Waals surface area contributed by atoms with Gasteiger partial charge in [0.15, 0.2) is 0 Å². The van der Waals surface area contributed by atoms with Gasteiger partial charge in [0.1, 0.15) is 9.84 Å². The van der Waals surface area contributed by atoms with Gasteiger partial charge < -0.3 is 5.73 Å². The summed E-state index contributed by atoms with van der Waals surface area (Å²) in [6, 6.07) is 2.90. The van der Waals surface area contributed by atoms with Crippen molar-refractivity contribution in [3.8, 4) is 0 Å². The third-order valence-corrected chi connectivity index (χ3v) is 7.17. The van der Waals surface area contributed by atoms with Crippen LogP contribution in [-0.2, 0) is 19.9 Å². The third kappa shape index (κ3) is 3.75. The second-order valence-electron chi connectivity index (χ2n) is 5.53. The van der Waals surface area contributed by atoms with E-state index in [1.807, 2.05) is 0 Å². The molecule has 0 unspecified atom stereocenters. The molecule has 8 heteroatoms. The summed E-state index contributed by atoms with van der Waals surface area (Å²) >= 11 is 0. The SMILES string of the molecule is Cc1cc(N)cc(C)c1S(=O)(=O)NC1CCS(=O)(=O)CC1. The molecule has 0 atom stereocenters. The Morgan fingerprint density at radius 2 is 1.62 bits per heavy atom. The van der Waals surface area contributed by atoms with Gasteiger partial charge >= 0.3 is 0 Å². The predicted molar refractivity (Wildman–Crippen MR) is 82.3 cm³/mol. The lowest BCUT2D eigenvalue weighted by Gasteiger charge is -2.24. The largest absolute Gasteiger partial charge is 0.399 e. The van der Waals surface area contributed by atoms with Crippen molar-refractivity contribution in [1.29, 1.82) is 0 Å². The molecule has 1 aromatic rings. The van der Waals surface area contributed by atoms with E-state index >= 15 is 0 Å². The van der Waals surface area contributed by atoms with Gasteiger partial charge in [-0.15, -0.1) is 0 Å². The van der Waals surface area contributed by atoms with E-state index in [4.69, 9.17) is 5.73 Å². The van der Waals surface area contributed by atoms with Gasteiger partial charge in [0, 0.05) is 11.7 Å². The molecule has 6 nitrogen and oxygen atoms in total. The van der Waals surface area contributed by atoms with Crippen LogP contribution in [0.1, 0.15) is 24.0 Å². The molecule has 2 rings (SSSR count). The molecular weight excluding hydrogens is 312 g/mol. The number of nitrogens with one attached hydrogen (secondary N) is 1. The maximum absolute atomic E-state index is 12.5. The number of rotatable bonds is 3. The molecule has 21 heavy (non-hydrogen) atoms. The fraction of sp³-hybridized carbons (Fsp3) is 0.538. The normalized spacial score (nSPS) is 19.5. The fourth-order valence-electron chi connectivity index (χ4n) is 2.69. The molecule has 1 aromatic carbocycles. The molecule has 1 aliphatic heterocycles. The van der Waals surface area contributed by atoms with E-state index in [1.54, 1.807) is 26.0 Å². The first kappa shape index (κ1) is 16.3. The highest BCUT2D eigenvalue weighted by Gasteiger charge is 2.29. The highest BCUT2D eigenvalue weighted by atomic mass is 32.2. The van der Waals surface area contributed by atoms with E-state index in [0.717, 1.165) is 0 Å². The van der Waals surface area contributed by atoms with Crippen molar-refractivity contribution in [3.05, 3.63) is 23.3 Å². The number of sulfonamides is 1. The Kier molecular flexibility index (Phi) is 4.32. The number of nitrogen functional groups attached to an aromatic ring is 1. The van der Waals surface area contributed by atoms with Crippen LogP contribution in [-0.4, -0.2) is 34.4 Å². The summed E-state index contributed by atoms with van der Waals surface area (Å²) in [4.78, 5) is 0.227. The van der Waals surface area contributed by atoms with Crippen molar-refractivity contribution >= 4 is 25.5 Å². The number of anilines is 1. The van der Waals surface area contributed by atoms with Gasteiger partial charge in [0.05, 0.1) is 16.4 Å². The molecule has 0 spiro atoms. The third-order valence-electron chi connectivity index (χ3n) is 3.63. The Labute approximate surface area is 125 Å². The predicted octanol–water partition coefficient (Wildman–Crippen LogP) is 0.741. The van der Waals surface area contributed by atoms with Gasteiger partial charge in [-0.2, -0.15) is 0 Å². The Morgan fingerprint density at radius 3 is 2.10 bits per heavy atom. The monoisotopic (exact) mass is 332 g/mol. The minimum Gasteiger partial charge on any atom is -0.399 e. The molecule has 0 saturated carbocycles. The molecule has 3 N–H and O–H groups in total. The number of aryl methyl sites for hydroxylation is 2. The van der Waals surface area contributed by atoms with Crippen molar-refractivity contribution in [2.24, 2.45) is 0 Å². The van der Waals surface area contributed by atoms with Crippen molar-refractivity contribution in [2.45, 2.75) is 37.6 Å². The van der Waals surface area contributed by atoms with Crippen LogP contribution in [0.3, 0.4) is 0 Å². The Hall–Kier alpha value is -1.12. The fourth-order valence-corrected chi connectivity index (χ4v) is 5.94. The van der Waals surface area contributed by atoms with Crippen molar-refractivity contribution in [1.82, 2.24) is 4.72 Å². The number of nitrogens with two attached hydrogens (primary N) is 1. The van der Waals surface area contributed by atoms with Crippen LogP contribution in [0.5, 0.6) is 0 Å². The average molecular weight is 332 g/mol. The molecule has 1 heterocycles. The lowest BCUT2D eigenvalue weighted by molar-refractivity contribution is 0.505. The lowest BCUT2D eigenvalue weighted by atomic mass is 10.1. The summed E-state index contributed by atoms with van der Waals surface area (Å²) in [5.41, 5.74) is 7.40. The minimum absolute atomic E-state index is 0.0277. The molecule has 0 aliphatic carbocycles. The maximum Gasteiger partial charge on any atom is 0.241 e. The number of hydrogen-bond acceptors (Lipinski definition) is 5.